The summed E-state index contributed by atoms with van der Waals surface area (Å²) in [6.07, 6.45) is 4.10. The topological polar surface area (TPSA) is 130 Å². The van der Waals surface area contributed by atoms with E-state index in [9.17, 15) is 19.2 Å². The largest absolute Gasteiger partial charge is 0.454 e. The molecule has 1 aromatic carbocycles. The van der Waals surface area contributed by atoms with Gasteiger partial charge in [-0.25, -0.2) is 4.79 Å². The van der Waals surface area contributed by atoms with E-state index in [1.807, 2.05) is 18.2 Å². The molecule has 2 aliphatic heterocycles. The fourth-order valence-corrected chi connectivity index (χ4v) is 5.63. The second kappa shape index (κ2) is 12.5. The highest BCUT2D eigenvalue weighted by atomic mass is 32.1. The molecule has 2 aliphatic rings. The average Bonchev–Trinajstić information content (AvgIpc) is 3.72. The number of aromatic nitrogens is 2. The standard InChI is InChI=1S/C27H32N4O7S/c32-23(28-14-18-7-8-21-22(13-18)38-17-37-21)6-2-1-3-10-30-26(34)25-20(9-12-39-25)31(27(30)35)16-24(33)29-15-19-5-4-11-36-19/h7-9,12-13,19H,1-6,10-11,14-17H2,(H,28,32)(H,29,33)/t19-/m0/s1. The molecule has 3 aromatic rings. The van der Waals surface area contributed by atoms with Crippen LogP contribution < -0.4 is 31.4 Å². The van der Waals surface area contributed by atoms with Crippen LogP contribution in [0.1, 0.15) is 44.1 Å². The van der Waals surface area contributed by atoms with Gasteiger partial charge in [0.05, 0.1) is 11.6 Å². The van der Waals surface area contributed by atoms with Gasteiger partial charge < -0.3 is 24.8 Å². The van der Waals surface area contributed by atoms with E-state index in [1.165, 1.54) is 20.5 Å². The highest BCUT2D eigenvalue weighted by Crippen LogP contribution is 2.32. The van der Waals surface area contributed by atoms with Crippen LogP contribution in [0.4, 0.5) is 0 Å². The molecule has 0 aliphatic carbocycles. The summed E-state index contributed by atoms with van der Waals surface area (Å²) in [6, 6.07) is 7.26. The normalized spacial score (nSPS) is 16.1. The van der Waals surface area contributed by atoms with Gasteiger partial charge in [0.1, 0.15) is 11.2 Å². The van der Waals surface area contributed by atoms with Crippen molar-refractivity contribution in [3.63, 3.8) is 0 Å². The lowest BCUT2D eigenvalue weighted by atomic mass is 10.1. The van der Waals surface area contributed by atoms with E-state index in [0.717, 1.165) is 18.4 Å². The van der Waals surface area contributed by atoms with E-state index in [2.05, 4.69) is 10.6 Å². The van der Waals surface area contributed by atoms with Crippen LogP contribution in [-0.4, -0.2) is 47.0 Å². The van der Waals surface area contributed by atoms with Crippen LogP contribution in [0, 0.1) is 0 Å². The van der Waals surface area contributed by atoms with Gasteiger partial charge in [0.15, 0.2) is 11.5 Å². The van der Waals surface area contributed by atoms with Crippen molar-refractivity contribution in [2.24, 2.45) is 0 Å². The van der Waals surface area contributed by atoms with E-state index in [4.69, 9.17) is 14.2 Å². The molecular weight excluding hydrogens is 524 g/mol. The summed E-state index contributed by atoms with van der Waals surface area (Å²) in [5, 5.41) is 7.48. The number of rotatable bonds is 12. The Morgan fingerprint density at radius 3 is 2.72 bits per heavy atom. The Morgan fingerprint density at radius 2 is 1.87 bits per heavy atom. The number of benzene rings is 1. The molecule has 1 fully saturated rings. The van der Waals surface area contributed by atoms with Crippen LogP contribution in [0.3, 0.4) is 0 Å². The third-order valence-corrected chi connectivity index (χ3v) is 7.79. The summed E-state index contributed by atoms with van der Waals surface area (Å²) in [4.78, 5) is 51.0. The van der Waals surface area contributed by atoms with E-state index in [1.54, 1.807) is 11.4 Å². The average molecular weight is 557 g/mol. The second-order valence-corrected chi connectivity index (χ2v) is 10.6. The number of carbonyl (C=O) groups excluding carboxylic acids is 2. The fraction of sp³-hybridized carbons (Fsp3) is 0.481. The highest BCUT2D eigenvalue weighted by Gasteiger charge is 2.19. The van der Waals surface area contributed by atoms with Crippen molar-refractivity contribution in [2.45, 2.75) is 64.3 Å². The number of fused-ring (bicyclic) bond motifs is 2. The molecule has 12 heteroatoms. The van der Waals surface area contributed by atoms with Crippen molar-refractivity contribution in [3.05, 3.63) is 56.0 Å². The molecule has 5 rings (SSSR count). The van der Waals surface area contributed by atoms with E-state index in [0.29, 0.717) is 67.1 Å². The molecule has 2 aromatic heterocycles. The van der Waals surface area contributed by atoms with Gasteiger partial charge in [-0.2, -0.15) is 0 Å². The van der Waals surface area contributed by atoms with Gasteiger partial charge in [0.25, 0.3) is 5.56 Å². The smallest absolute Gasteiger partial charge is 0.332 e. The molecule has 0 bridgehead atoms. The van der Waals surface area contributed by atoms with Crippen molar-refractivity contribution in [1.82, 2.24) is 19.8 Å². The zero-order valence-electron chi connectivity index (χ0n) is 21.6. The minimum atomic E-state index is -0.500. The molecule has 4 heterocycles. The molecule has 0 radical (unpaired) electrons. The molecule has 2 N–H and O–H groups in total. The van der Waals surface area contributed by atoms with E-state index >= 15 is 0 Å². The Balaban J connectivity index is 1.11. The minimum Gasteiger partial charge on any atom is -0.454 e. The number of carbonyl (C=O) groups is 2. The Hall–Kier alpha value is -3.64. The molecule has 1 saturated heterocycles. The molecule has 2 amide bonds. The lowest BCUT2D eigenvalue weighted by Gasteiger charge is -2.14. The van der Waals surface area contributed by atoms with E-state index in [-0.39, 0.29) is 43.4 Å². The number of ether oxygens (including phenoxy) is 3. The van der Waals surface area contributed by atoms with Crippen LogP contribution in [0.25, 0.3) is 10.2 Å². The number of thiophene rings is 1. The molecule has 39 heavy (non-hydrogen) atoms. The lowest BCUT2D eigenvalue weighted by molar-refractivity contribution is -0.122. The Bertz CT molecular complexity index is 1450. The first kappa shape index (κ1) is 26.9. The van der Waals surface area contributed by atoms with Gasteiger partial charge in [-0.15, -0.1) is 11.3 Å². The van der Waals surface area contributed by atoms with Gasteiger partial charge in [-0.1, -0.05) is 12.5 Å². The van der Waals surface area contributed by atoms with Gasteiger partial charge in [0, 0.05) is 32.7 Å². The van der Waals surface area contributed by atoms with Gasteiger partial charge in [0.2, 0.25) is 18.6 Å². The lowest BCUT2D eigenvalue weighted by Crippen LogP contribution is -2.43. The SMILES string of the molecule is O=C(CCCCCn1c(=O)c2sccc2n(CC(=O)NC[C@@H]2CCCO2)c1=O)NCc1ccc2c(c1)OCO2. The van der Waals surface area contributed by atoms with Crippen LogP contribution in [0.5, 0.6) is 11.5 Å². The van der Waals surface area contributed by atoms with Gasteiger partial charge in [-0.3, -0.25) is 23.5 Å². The quantitative estimate of drug-likeness (QED) is 0.327. The maximum atomic E-state index is 13.2. The minimum absolute atomic E-state index is 0.00606. The van der Waals surface area contributed by atoms with Crippen LogP contribution in [0.15, 0.2) is 39.2 Å². The first-order chi connectivity index (χ1) is 19.0. The molecule has 0 unspecified atom stereocenters. The number of nitrogens with one attached hydrogen (secondary N) is 2. The second-order valence-electron chi connectivity index (χ2n) is 9.67. The van der Waals surface area contributed by atoms with Crippen molar-refractivity contribution >= 4 is 33.4 Å². The first-order valence-corrected chi connectivity index (χ1v) is 14.1. The summed E-state index contributed by atoms with van der Waals surface area (Å²) in [6.45, 7) is 1.77. The summed E-state index contributed by atoms with van der Waals surface area (Å²) in [5.74, 6) is 1.02. The molecule has 208 valence electrons. The monoisotopic (exact) mass is 556 g/mol. The van der Waals surface area contributed by atoms with Crippen molar-refractivity contribution in [1.29, 1.82) is 0 Å². The van der Waals surface area contributed by atoms with Crippen molar-refractivity contribution < 1.29 is 23.8 Å². The first-order valence-electron chi connectivity index (χ1n) is 13.2. The Labute approximate surface area is 228 Å². The number of hydrogen-bond donors (Lipinski definition) is 2. The molecule has 0 saturated carbocycles. The Kier molecular flexibility index (Phi) is 8.62. The maximum absolute atomic E-state index is 13.2. The zero-order chi connectivity index (χ0) is 27.2. The third-order valence-electron chi connectivity index (χ3n) is 6.90. The summed E-state index contributed by atoms with van der Waals surface area (Å²) < 4.78 is 19.2. The number of amides is 2. The zero-order valence-corrected chi connectivity index (χ0v) is 22.4. The Morgan fingerprint density at radius 1 is 1.00 bits per heavy atom. The molecule has 11 nitrogen and oxygen atoms in total. The number of nitrogens with zero attached hydrogens (tertiary/aromatic N) is 2. The summed E-state index contributed by atoms with van der Waals surface area (Å²) in [5.41, 5.74) is 0.549. The highest BCUT2D eigenvalue weighted by molar-refractivity contribution is 7.17. The fourth-order valence-electron chi connectivity index (χ4n) is 4.79. The van der Waals surface area contributed by atoms with E-state index < -0.39 is 5.69 Å². The molecule has 1 atom stereocenters. The van der Waals surface area contributed by atoms with Gasteiger partial charge in [-0.05, 0) is 54.8 Å². The summed E-state index contributed by atoms with van der Waals surface area (Å²) >= 11 is 1.26. The summed E-state index contributed by atoms with van der Waals surface area (Å²) in [7, 11) is 0. The van der Waals surface area contributed by atoms with Crippen molar-refractivity contribution in [3.8, 4) is 11.5 Å². The van der Waals surface area contributed by atoms with Crippen LogP contribution in [-0.2, 0) is 34.0 Å². The number of unbranched alkanes of at least 4 members (excludes halogenated alkanes) is 2. The van der Waals surface area contributed by atoms with Crippen LogP contribution in [0.2, 0.25) is 0 Å². The van der Waals surface area contributed by atoms with Crippen molar-refractivity contribution in [2.75, 3.05) is 19.9 Å². The predicted molar refractivity (Wildman–Crippen MR) is 145 cm³/mol. The predicted octanol–water partition coefficient (Wildman–Crippen LogP) is 2.13. The third kappa shape index (κ3) is 6.51. The molecular formula is C27H32N4O7S. The molecule has 0 spiro atoms. The van der Waals surface area contributed by atoms with Gasteiger partial charge >= 0.3 is 5.69 Å². The maximum Gasteiger partial charge on any atom is 0.332 e. The van der Waals surface area contributed by atoms with Crippen LogP contribution >= 0.6 is 11.3 Å². The number of hydrogen-bond acceptors (Lipinski definition) is 8.